The fraction of sp³-hybridized carbons (Fsp3) is 0.765. The van der Waals surface area contributed by atoms with Gasteiger partial charge in [-0.3, -0.25) is 9.69 Å². The number of hydrogen-bond acceptors (Lipinski definition) is 4. The number of rotatable bonds is 3. The largest absolute Gasteiger partial charge is 0.388 e. The maximum Gasteiger partial charge on any atom is 0.239 e. The van der Waals surface area contributed by atoms with Gasteiger partial charge in [-0.1, -0.05) is 12.8 Å². The van der Waals surface area contributed by atoms with Gasteiger partial charge in [-0.05, 0) is 39.3 Å². The zero-order valence-corrected chi connectivity index (χ0v) is 14.0. The highest BCUT2D eigenvalue weighted by molar-refractivity contribution is 5.82. The molecule has 2 fully saturated rings. The summed E-state index contributed by atoms with van der Waals surface area (Å²) in [7, 11) is 2.06. The number of hydrogen-bond donors (Lipinski definition) is 1. The third kappa shape index (κ3) is 3.93. The molecule has 3 rings (SSSR count). The molecule has 1 N–H and O–H groups in total. The van der Waals surface area contributed by atoms with Crippen LogP contribution in [0.1, 0.15) is 38.5 Å². The molecule has 6 nitrogen and oxygen atoms in total. The third-order valence-corrected chi connectivity index (χ3v) is 5.35. The minimum absolute atomic E-state index is 0.0253. The quantitative estimate of drug-likeness (QED) is 0.906. The number of aromatic nitrogens is 2. The van der Waals surface area contributed by atoms with E-state index in [1.165, 1.54) is 12.8 Å². The lowest BCUT2D eigenvalue weighted by Gasteiger charge is -2.40. The maximum atomic E-state index is 12.8. The van der Waals surface area contributed by atoms with E-state index < -0.39 is 5.60 Å². The minimum Gasteiger partial charge on any atom is -0.388 e. The molecule has 0 bridgehead atoms. The van der Waals surface area contributed by atoms with Crippen molar-refractivity contribution in [2.45, 2.75) is 56.7 Å². The lowest BCUT2D eigenvalue weighted by atomic mass is 9.90. The van der Waals surface area contributed by atoms with Gasteiger partial charge in [-0.2, -0.15) is 0 Å². The van der Waals surface area contributed by atoms with Crippen molar-refractivity contribution in [3.8, 4) is 0 Å². The van der Waals surface area contributed by atoms with Crippen LogP contribution in [0.4, 0.5) is 0 Å². The van der Waals surface area contributed by atoms with E-state index in [4.69, 9.17) is 0 Å². The van der Waals surface area contributed by atoms with E-state index in [0.29, 0.717) is 32.5 Å². The molecule has 2 aliphatic rings. The summed E-state index contributed by atoms with van der Waals surface area (Å²) < 4.78 is 1.91. The summed E-state index contributed by atoms with van der Waals surface area (Å²) in [5, 5.41) is 10.8. The van der Waals surface area contributed by atoms with Crippen LogP contribution >= 0.6 is 0 Å². The molecule has 1 aromatic rings. The Balaban J connectivity index is 1.56. The molecule has 0 saturated carbocycles. The average molecular weight is 320 g/mol. The highest BCUT2D eigenvalue weighted by atomic mass is 16.3. The highest BCUT2D eigenvalue weighted by Gasteiger charge is 2.37. The van der Waals surface area contributed by atoms with Crippen LogP contribution in [-0.2, 0) is 11.3 Å². The lowest BCUT2D eigenvalue weighted by Crippen LogP contribution is -2.53. The van der Waals surface area contributed by atoms with Crippen LogP contribution in [0.5, 0.6) is 0 Å². The van der Waals surface area contributed by atoms with Crippen molar-refractivity contribution < 1.29 is 9.90 Å². The molecule has 23 heavy (non-hydrogen) atoms. The Hall–Kier alpha value is -1.40. The van der Waals surface area contributed by atoms with E-state index in [0.717, 1.165) is 19.4 Å². The summed E-state index contributed by atoms with van der Waals surface area (Å²) in [5.74, 6) is 0.249. The summed E-state index contributed by atoms with van der Waals surface area (Å²) in [5.41, 5.74) is -0.729. The van der Waals surface area contributed by atoms with Gasteiger partial charge in [0, 0.05) is 25.5 Å². The van der Waals surface area contributed by atoms with Gasteiger partial charge in [0.1, 0.15) is 0 Å². The second-order valence-corrected chi connectivity index (χ2v) is 7.13. The zero-order valence-electron chi connectivity index (χ0n) is 14.0. The Labute approximate surface area is 138 Å². The minimum atomic E-state index is -0.729. The van der Waals surface area contributed by atoms with Crippen molar-refractivity contribution >= 4 is 5.91 Å². The number of piperidine rings is 1. The number of likely N-dealkylation sites (N-methyl/N-ethyl adjacent to an activating group) is 1. The van der Waals surface area contributed by atoms with E-state index in [1.54, 1.807) is 12.5 Å². The Morgan fingerprint density at radius 2 is 2.04 bits per heavy atom. The van der Waals surface area contributed by atoms with Gasteiger partial charge in [0.05, 0.1) is 24.5 Å². The van der Waals surface area contributed by atoms with Gasteiger partial charge in [-0.25, -0.2) is 4.98 Å². The van der Waals surface area contributed by atoms with E-state index >= 15 is 0 Å². The topological polar surface area (TPSA) is 61.6 Å². The first-order valence-corrected chi connectivity index (χ1v) is 8.75. The van der Waals surface area contributed by atoms with Crippen LogP contribution < -0.4 is 0 Å². The maximum absolute atomic E-state index is 12.8. The van der Waals surface area contributed by atoms with E-state index in [2.05, 4.69) is 16.9 Å². The first-order chi connectivity index (χ1) is 11.1. The van der Waals surface area contributed by atoms with Crippen LogP contribution in [-0.4, -0.2) is 68.7 Å². The first-order valence-electron chi connectivity index (χ1n) is 8.75. The van der Waals surface area contributed by atoms with Crippen molar-refractivity contribution in [3.05, 3.63) is 18.7 Å². The van der Waals surface area contributed by atoms with E-state index in [1.807, 2.05) is 15.7 Å². The van der Waals surface area contributed by atoms with Gasteiger partial charge >= 0.3 is 0 Å². The number of carbonyl (C=O) groups is 1. The molecule has 0 unspecified atom stereocenters. The fourth-order valence-corrected chi connectivity index (χ4v) is 3.80. The van der Waals surface area contributed by atoms with Gasteiger partial charge in [0.15, 0.2) is 0 Å². The summed E-state index contributed by atoms with van der Waals surface area (Å²) in [6.07, 6.45) is 11.1. The number of amides is 1. The van der Waals surface area contributed by atoms with Crippen molar-refractivity contribution in [2.24, 2.45) is 0 Å². The molecule has 0 aromatic carbocycles. The molecule has 0 spiro atoms. The number of nitrogens with zero attached hydrogens (tertiary/aromatic N) is 4. The molecule has 0 aliphatic carbocycles. The van der Waals surface area contributed by atoms with E-state index in [-0.39, 0.29) is 11.9 Å². The van der Waals surface area contributed by atoms with Crippen LogP contribution in [0.3, 0.4) is 0 Å². The number of carbonyl (C=O) groups excluding carboxylic acids is 1. The Kier molecular flexibility index (Phi) is 5.02. The standard InChI is InChI=1S/C17H28N4O2/c1-19-9-4-2-3-5-15(19)16(22)21-10-6-17(23,7-11-21)13-20-12-8-18-14-20/h8,12,14-15,23H,2-7,9-11,13H2,1H3/t15-/m1/s1. The molecule has 1 atom stereocenters. The fourth-order valence-electron chi connectivity index (χ4n) is 3.80. The van der Waals surface area contributed by atoms with Crippen molar-refractivity contribution in [3.63, 3.8) is 0 Å². The molecule has 3 heterocycles. The molecule has 128 valence electrons. The van der Waals surface area contributed by atoms with Crippen LogP contribution in [0.25, 0.3) is 0 Å². The molecule has 0 radical (unpaired) electrons. The summed E-state index contributed by atoms with van der Waals surface area (Å²) >= 11 is 0. The molecule has 6 heteroatoms. The smallest absolute Gasteiger partial charge is 0.239 e. The third-order valence-electron chi connectivity index (χ3n) is 5.35. The predicted octanol–water partition coefficient (Wildman–Crippen LogP) is 1.11. The Morgan fingerprint density at radius 3 is 2.74 bits per heavy atom. The molecule has 1 aromatic heterocycles. The normalized spacial score (nSPS) is 26.0. The average Bonchev–Trinajstić information content (AvgIpc) is 2.93. The highest BCUT2D eigenvalue weighted by Crippen LogP contribution is 2.26. The van der Waals surface area contributed by atoms with Gasteiger partial charge in [-0.15, -0.1) is 0 Å². The van der Waals surface area contributed by atoms with E-state index in [9.17, 15) is 9.90 Å². The predicted molar refractivity (Wildman–Crippen MR) is 87.9 cm³/mol. The van der Waals surface area contributed by atoms with Crippen LogP contribution in [0.2, 0.25) is 0 Å². The molecular weight excluding hydrogens is 292 g/mol. The first kappa shape index (κ1) is 16.5. The summed E-state index contributed by atoms with van der Waals surface area (Å²) in [6, 6.07) is 0.0253. The van der Waals surface area contributed by atoms with Gasteiger partial charge < -0.3 is 14.6 Å². The van der Waals surface area contributed by atoms with Gasteiger partial charge in [0.25, 0.3) is 0 Å². The molecule has 1 amide bonds. The number of imidazole rings is 1. The Bertz CT molecular complexity index is 509. The van der Waals surface area contributed by atoms with Crippen molar-refractivity contribution in [1.29, 1.82) is 0 Å². The van der Waals surface area contributed by atoms with Crippen molar-refractivity contribution in [2.75, 3.05) is 26.7 Å². The zero-order chi connectivity index (χ0) is 16.3. The summed E-state index contributed by atoms with van der Waals surface area (Å²) in [4.78, 5) is 21.0. The van der Waals surface area contributed by atoms with Crippen molar-refractivity contribution in [1.82, 2.24) is 19.4 Å². The monoisotopic (exact) mass is 320 g/mol. The summed E-state index contributed by atoms with van der Waals surface area (Å²) in [6.45, 7) is 2.86. The van der Waals surface area contributed by atoms with Crippen LogP contribution in [0, 0.1) is 0 Å². The van der Waals surface area contributed by atoms with Gasteiger partial charge in [0.2, 0.25) is 5.91 Å². The lowest BCUT2D eigenvalue weighted by molar-refractivity contribution is -0.141. The second kappa shape index (κ2) is 7.01. The number of likely N-dealkylation sites (tertiary alicyclic amines) is 2. The molecule has 2 saturated heterocycles. The number of aliphatic hydroxyl groups is 1. The van der Waals surface area contributed by atoms with Crippen LogP contribution in [0.15, 0.2) is 18.7 Å². The molecule has 2 aliphatic heterocycles. The SMILES string of the molecule is CN1CCCCC[C@@H]1C(=O)N1CCC(O)(Cn2ccnc2)CC1. The Morgan fingerprint density at radius 1 is 1.26 bits per heavy atom. The molecular formula is C17H28N4O2. The second-order valence-electron chi connectivity index (χ2n) is 7.13.